The fourth-order valence-corrected chi connectivity index (χ4v) is 3.28. The van der Waals surface area contributed by atoms with Crippen LogP contribution < -0.4 is 16.0 Å². The number of rotatable bonds is 3. The minimum atomic E-state index is 0.238. The van der Waals surface area contributed by atoms with Gasteiger partial charge in [-0.2, -0.15) is 0 Å². The first kappa shape index (κ1) is 13.4. The molecule has 2 fully saturated rings. The predicted molar refractivity (Wildman–Crippen MR) is 81.9 cm³/mol. The first-order valence-corrected chi connectivity index (χ1v) is 7.65. The number of amides is 1. The minimum Gasteiger partial charge on any atom is -0.382 e. The third kappa shape index (κ3) is 2.96. The number of nitrogens with two attached hydrogens (primary N) is 1. The normalized spacial score (nSPS) is 26.9. The second-order valence-corrected chi connectivity index (χ2v) is 5.97. The fraction of sp³-hybridized carbons (Fsp3) is 0.562. The average Bonchev–Trinajstić information content (AvgIpc) is 2.85. The Kier molecular flexibility index (Phi) is 3.92. The summed E-state index contributed by atoms with van der Waals surface area (Å²) in [7, 11) is 0. The Balaban J connectivity index is 1.69. The van der Waals surface area contributed by atoms with Gasteiger partial charge in [-0.15, -0.1) is 0 Å². The van der Waals surface area contributed by atoms with Gasteiger partial charge in [0.2, 0.25) is 5.91 Å². The van der Waals surface area contributed by atoms with Gasteiger partial charge in [0.15, 0.2) is 0 Å². The molecule has 1 amide bonds. The van der Waals surface area contributed by atoms with Crippen LogP contribution in [0.4, 0.5) is 11.4 Å². The minimum absolute atomic E-state index is 0.238. The quantitative estimate of drug-likeness (QED) is 0.889. The summed E-state index contributed by atoms with van der Waals surface area (Å²) in [6.07, 6.45) is 6.19. The summed E-state index contributed by atoms with van der Waals surface area (Å²) >= 11 is 0. The van der Waals surface area contributed by atoms with Crippen molar-refractivity contribution in [2.24, 2.45) is 5.73 Å². The number of nitrogens with one attached hydrogen (secondary N) is 1. The third-order valence-corrected chi connectivity index (χ3v) is 4.32. The SMILES string of the molecule is NC1CCCC(Nc2cccc(N3CCCC3=O)c2)C1. The summed E-state index contributed by atoms with van der Waals surface area (Å²) in [5, 5.41) is 3.57. The molecular weight excluding hydrogens is 250 g/mol. The van der Waals surface area contributed by atoms with Gasteiger partial charge in [-0.25, -0.2) is 0 Å². The van der Waals surface area contributed by atoms with Crippen molar-refractivity contribution < 1.29 is 4.79 Å². The Morgan fingerprint density at radius 3 is 2.90 bits per heavy atom. The van der Waals surface area contributed by atoms with E-state index >= 15 is 0 Å². The molecule has 1 saturated carbocycles. The number of hydrogen-bond donors (Lipinski definition) is 2. The second-order valence-electron chi connectivity index (χ2n) is 5.97. The summed E-state index contributed by atoms with van der Waals surface area (Å²) in [6.45, 7) is 0.844. The van der Waals surface area contributed by atoms with Crippen LogP contribution in [0.15, 0.2) is 24.3 Å². The molecule has 0 aromatic heterocycles. The van der Waals surface area contributed by atoms with Gasteiger partial charge >= 0.3 is 0 Å². The van der Waals surface area contributed by atoms with Crippen LogP contribution in [0.3, 0.4) is 0 Å². The van der Waals surface area contributed by atoms with E-state index in [9.17, 15) is 4.79 Å². The maximum atomic E-state index is 11.8. The average molecular weight is 273 g/mol. The Labute approximate surface area is 120 Å². The lowest BCUT2D eigenvalue weighted by Crippen LogP contribution is -2.34. The monoisotopic (exact) mass is 273 g/mol. The summed E-state index contributed by atoms with van der Waals surface area (Å²) in [4.78, 5) is 13.7. The van der Waals surface area contributed by atoms with Crippen LogP contribution in [0.5, 0.6) is 0 Å². The highest BCUT2D eigenvalue weighted by atomic mass is 16.2. The van der Waals surface area contributed by atoms with Gasteiger partial charge in [0.1, 0.15) is 0 Å². The van der Waals surface area contributed by atoms with Crippen molar-refractivity contribution in [3.8, 4) is 0 Å². The van der Waals surface area contributed by atoms with Crippen LogP contribution in [0.2, 0.25) is 0 Å². The van der Waals surface area contributed by atoms with E-state index < -0.39 is 0 Å². The molecule has 20 heavy (non-hydrogen) atoms. The Morgan fingerprint density at radius 2 is 2.15 bits per heavy atom. The second kappa shape index (κ2) is 5.83. The van der Waals surface area contributed by atoms with E-state index in [4.69, 9.17) is 5.73 Å². The molecule has 0 bridgehead atoms. The molecule has 1 heterocycles. The predicted octanol–water partition coefficient (Wildman–Crippen LogP) is 2.50. The van der Waals surface area contributed by atoms with Crippen molar-refractivity contribution in [1.29, 1.82) is 0 Å². The summed E-state index contributed by atoms with van der Waals surface area (Å²) < 4.78 is 0. The highest BCUT2D eigenvalue weighted by molar-refractivity contribution is 5.95. The number of anilines is 2. The molecule has 4 heteroatoms. The van der Waals surface area contributed by atoms with Gasteiger partial charge < -0.3 is 16.0 Å². The largest absolute Gasteiger partial charge is 0.382 e. The van der Waals surface area contributed by atoms with Crippen LogP contribution in [0, 0.1) is 0 Å². The molecule has 3 rings (SSSR count). The van der Waals surface area contributed by atoms with Gasteiger partial charge in [-0.05, 0) is 50.3 Å². The number of hydrogen-bond acceptors (Lipinski definition) is 3. The van der Waals surface area contributed by atoms with Crippen molar-refractivity contribution in [1.82, 2.24) is 0 Å². The molecule has 3 N–H and O–H groups in total. The Bertz CT molecular complexity index is 488. The molecule has 1 aliphatic heterocycles. The van der Waals surface area contributed by atoms with Crippen molar-refractivity contribution >= 4 is 17.3 Å². The van der Waals surface area contributed by atoms with E-state index in [0.717, 1.165) is 37.2 Å². The molecule has 2 aliphatic rings. The smallest absolute Gasteiger partial charge is 0.227 e. The lowest BCUT2D eigenvalue weighted by atomic mass is 9.91. The van der Waals surface area contributed by atoms with Crippen molar-refractivity contribution in [3.63, 3.8) is 0 Å². The van der Waals surface area contributed by atoms with Crippen LogP contribution in [-0.2, 0) is 4.79 Å². The van der Waals surface area contributed by atoms with Gasteiger partial charge in [0.25, 0.3) is 0 Å². The molecular formula is C16H23N3O. The summed E-state index contributed by atoms with van der Waals surface area (Å²) in [5.74, 6) is 0.238. The lowest BCUT2D eigenvalue weighted by Gasteiger charge is -2.28. The standard InChI is InChI=1S/C16H23N3O/c17-12-4-1-5-13(10-12)18-14-6-2-7-15(11-14)19-9-3-8-16(19)20/h2,6-7,11-13,18H,1,3-5,8-10,17H2. The Morgan fingerprint density at radius 1 is 1.25 bits per heavy atom. The number of nitrogens with zero attached hydrogens (tertiary/aromatic N) is 1. The number of carbonyl (C=O) groups is 1. The zero-order valence-corrected chi connectivity index (χ0v) is 11.8. The van der Waals surface area contributed by atoms with Gasteiger partial charge in [0.05, 0.1) is 0 Å². The first-order valence-electron chi connectivity index (χ1n) is 7.65. The maximum Gasteiger partial charge on any atom is 0.227 e. The highest BCUT2D eigenvalue weighted by Gasteiger charge is 2.22. The number of carbonyl (C=O) groups excluding carboxylic acids is 1. The highest BCUT2D eigenvalue weighted by Crippen LogP contribution is 2.26. The van der Waals surface area contributed by atoms with Crippen molar-refractivity contribution in [2.75, 3.05) is 16.8 Å². The van der Waals surface area contributed by atoms with Crippen molar-refractivity contribution in [3.05, 3.63) is 24.3 Å². The summed E-state index contributed by atoms with van der Waals surface area (Å²) in [6, 6.07) is 8.98. The third-order valence-electron chi connectivity index (χ3n) is 4.32. The van der Waals surface area contributed by atoms with E-state index in [-0.39, 0.29) is 5.91 Å². The molecule has 4 nitrogen and oxygen atoms in total. The lowest BCUT2D eigenvalue weighted by molar-refractivity contribution is -0.117. The molecule has 0 spiro atoms. The zero-order valence-electron chi connectivity index (χ0n) is 11.8. The van der Waals surface area contributed by atoms with Crippen LogP contribution in [-0.4, -0.2) is 24.5 Å². The molecule has 108 valence electrons. The molecule has 1 saturated heterocycles. The van der Waals surface area contributed by atoms with Gasteiger partial charge in [-0.3, -0.25) is 4.79 Å². The van der Waals surface area contributed by atoms with Crippen LogP contribution in [0.25, 0.3) is 0 Å². The van der Waals surface area contributed by atoms with Gasteiger partial charge in [-0.1, -0.05) is 6.07 Å². The topological polar surface area (TPSA) is 58.4 Å². The maximum absolute atomic E-state index is 11.8. The van der Waals surface area contributed by atoms with E-state index in [1.807, 2.05) is 17.0 Å². The van der Waals surface area contributed by atoms with E-state index in [1.165, 1.54) is 12.8 Å². The zero-order chi connectivity index (χ0) is 13.9. The Hall–Kier alpha value is -1.55. The molecule has 1 aromatic rings. The summed E-state index contributed by atoms with van der Waals surface area (Å²) in [5.41, 5.74) is 8.14. The number of benzene rings is 1. The first-order chi connectivity index (χ1) is 9.72. The van der Waals surface area contributed by atoms with Gasteiger partial charge in [0, 0.05) is 36.4 Å². The molecule has 0 radical (unpaired) electrons. The molecule has 2 atom stereocenters. The molecule has 2 unspecified atom stereocenters. The van der Waals surface area contributed by atoms with E-state index in [0.29, 0.717) is 18.5 Å². The molecule has 1 aliphatic carbocycles. The van der Waals surface area contributed by atoms with E-state index in [2.05, 4.69) is 17.4 Å². The van der Waals surface area contributed by atoms with Crippen LogP contribution in [0.1, 0.15) is 38.5 Å². The van der Waals surface area contributed by atoms with Crippen LogP contribution >= 0.6 is 0 Å². The van der Waals surface area contributed by atoms with Crippen molar-refractivity contribution in [2.45, 2.75) is 50.6 Å². The fourth-order valence-electron chi connectivity index (χ4n) is 3.28. The van der Waals surface area contributed by atoms with E-state index in [1.54, 1.807) is 0 Å². The molecule has 1 aromatic carbocycles.